The second-order valence-electron chi connectivity index (χ2n) is 10.0. The highest BCUT2D eigenvalue weighted by Crippen LogP contribution is 2.28. The molecule has 0 saturated carbocycles. The largest absolute Gasteiger partial charge is 0.453 e. The molecule has 2 aliphatic heterocycles. The molecular weight excluding hydrogens is 572 g/mol. The number of hydrogen-bond acceptors (Lipinski definition) is 8. The summed E-state index contributed by atoms with van der Waals surface area (Å²) in [6, 6.07) is 21.8. The highest BCUT2D eigenvalue weighted by Gasteiger charge is 2.33. The number of amides is 2. The average molecular weight is 603 g/mol. The minimum Gasteiger partial charge on any atom is -0.453 e. The summed E-state index contributed by atoms with van der Waals surface area (Å²) in [4.78, 5) is 37.2. The maximum atomic E-state index is 13.1. The Labute approximate surface area is 249 Å². The third kappa shape index (κ3) is 6.65. The maximum Gasteiger partial charge on any atom is 0.411 e. The molecule has 1 N–H and O–H groups in total. The number of rotatable bonds is 7. The summed E-state index contributed by atoms with van der Waals surface area (Å²) in [5.74, 6) is -0.732. The minimum atomic E-state index is -3.77. The normalized spacial score (nSPS) is 17.1. The second kappa shape index (κ2) is 12.6. The van der Waals surface area contributed by atoms with Gasteiger partial charge in [0.25, 0.3) is 5.91 Å². The molecule has 0 bridgehead atoms. The third-order valence-electron chi connectivity index (χ3n) is 7.18. The van der Waals surface area contributed by atoms with Crippen molar-refractivity contribution in [3.8, 4) is 5.75 Å². The molecule has 2 heterocycles. The van der Waals surface area contributed by atoms with Gasteiger partial charge in [-0.25, -0.2) is 13.2 Å². The molecule has 43 heavy (non-hydrogen) atoms. The van der Waals surface area contributed by atoms with Crippen LogP contribution in [0.3, 0.4) is 0 Å². The van der Waals surface area contributed by atoms with E-state index in [4.69, 9.17) is 4.74 Å². The number of nitrogens with zero attached hydrogens (tertiary/aromatic N) is 3. The van der Waals surface area contributed by atoms with Crippen LogP contribution in [0.4, 0.5) is 16.2 Å². The smallest absolute Gasteiger partial charge is 0.411 e. The number of sulfonamides is 1. The van der Waals surface area contributed by atoms with Crippen molar-refractivity contribution >= 4 is 51.2 Å². The number of anilines is 2. The number of piperidine rings is 1. The first-order valence-corrected chi connectivity index (χ1v) is 15.0. The molecule has 0 aromatic heterocycles. The quantitative estimate of drug-likeness (QED) is 0.236. The summed E-state index contributed by atoms with van der Waals surface area (Å²) in [6.07, 6.45) is 1.74. The van der Waals surface area contributed by atoms with Crippen LogP contribution >= 0.6 is 0 Å². The Morgan fingerprint density at radius 2 is 1.60 bits per heavy atom. The van der Waals surface area contributed by atoms with Gasteiger partial charge in [-0.3, -0.25) is 14.9 Å². The summed E-state index contributed by atoms with van der Waals surface area (Å²) in [7, 11) is -2.53. The average Bonchev–Trinajstić information content (AvgIpc) is 3.31. The van der Waals surface area contributed by atoms with Crippen LogP contribution in [0.5, 0.6) is 5.75 Å². The van der Waals surface area contributed by atoms with Crippen molar-refractivity contribution in [3.05, 3.63) is 90.0 Å². The molecule has 0 radical (unpaired) electrons. The molecule has 2 amide bonds. The summed E-state index contributed by atoms with van der Waals surface area (Å²) in [5.41, 5.74) is 2.92. The van der Waals surface area contributed by atoms with Crippen LogP contribution in [0.15, 0.2) is 94.4 Å². The van der Waals surface area contributed by atoms with E-state index in [0.29, 0.717) is 41.3 Å². The zero-order chi connectivity index (χ0) is 30.6. The van der Waals surface area contributed by atoms with Gasteiger partial charge >= 0.3 is 12.1 Å². The van der Waals surface area contributed by atoms with Crippen molar-refractivity contribution in [2.75, 3.05) is 30.5 Å². The fourth-order valence-corrected chi connectivity index (χ4v) is 6.26. The van der Waals surface area contributed by atoms with E-state index in [9.17, 15) is 22.8 Å². The summed E-state index contributed by atoms with van der Waals surface area (Å²) < 4.78 is 37.6. The Morgan fingerprint density at radius 3 is 2.23 bits per heavy atom. The fraction of sp³-hybridized carbons (Fsp3) is 0.226. The lowest BCUT2D eigenvalue weighted by molar-refractivity contribution is -0.140. The van der Waals surface area contributed by atoms with Crippen LogP contribution in [-0.4, -0.2) is 56.6 Å². The molecule has 2 aliphatic rings. The maximum absolute atomic E-state index is 13.1. The topological polar surface area (TPSA) is 135 Å². The van der Waals surface area contributed by atoms with Crippen LogP contribution in [0, 0.1) is 5.92 Å². The second-order valence-corrected chi connectivity index (χ2v) is 11.9. The minimum absolute atomic E-state index is 0.0903. The Kier molecular flexibility index (Phi) is 8.69. The van der Waals surface area contributed by atoms with Crippen LogP contribution in [0.2, 0.25) is 0 Å². The van der Waals surface area contributed by atoms with Gasteiger partial charge < -0.3 is 9.47 Å². The summed E-state index contributed by atoms with van der Waals surface area (Å²) in [5, 5.41) is 8.23. The van der Waals surface area contributed by atoms with Gasteiger partial charge in [0, 0.05) is 18.8 Å². The van der Waals surface area contributed by atoms with E-state index in [1.165, 1.54) is 40.7 Å². The first-order valence-electron chi connectivity index (χ1n) is 13.6. The standard InChI is InChI=1S/C31H30N4O7S/c1-21-28(29(36)35(33-21)25-6-4-3-5-7-25)20-22-8-12-26(13-9-22)42-30(37)23-16-18-34(19-17-23)43(39,40)27-14-10-24(11-15-27)32-31(38)41-2/h3-15,20,23H,16-19H2,1-2H3,(H,32,38)/b28-20-. The van der Waals surface area contributed by atoms with Gasteiger partial charge in [-0.2, -0.15) is 14.4 Å². The van der Waals surface area contributed by atoms with Crippen molar-refractivity contribution in [1.82, 2.24) is 4.31 Å². The third-order valence-corrected chi connectivity index (χ3v) is 9.10. The van der Waals surface area contributed by atoms with Crippen LogP contribution < -0.4 is 15.1 Å². The number of benzene rings is 3. The Balaban J connectivity index is 1.15. The van der Waals surface area contributed by atoms with Gasteiger partial charge in [0.1, 0.15) is 5.75 Å². The number of methoxy groups -OCH3 is 1. The molecule has 0 aliphatic carbocycles. The van der Waals surface area contributed by atoms with E-state index in [2.05, 4.69) is 15.2 Å². The number of nitrogens with one attached hydrogen (secondary N) is 1. The SMILES string of the molecule is COC(=O)Nc1ccc(S(=O)(=O)N2CCC(C(=O)Oc3ccc(/C=C4\C(=O)N(c5ccccc5)N=C4C)cc3)CC2)cc1. The first kappa shape index (κ1) is 29.7. The molecule has 12 heteroatoms. The van der Waals surface area contributed by atoms with Crippen molar-refractivity contribution in [2.24, 2.45) is 11.0 Å². The van der Waals surface area contributed by atoms with Crippen molar-refractivity contribution < 1.29 is 32.3 Å². The lowest BCUT2D eigenvalue weighted by Crippen LogP contribution is -2.41. The molecule has 3 aromatic carbocycles. The molecule has 0 spiro atoms. The molecule has 11 nitrogen and oxygen atoms in total. The number of hydrazone groups is 1. The van der Waals surface area contributed by atoms with Gasteiger partial charge in [0.05, 0.1) is 34.9 Å². The van der Waals surface area contributed by atoms with Crippen LogP contribution in [0.1, 0.15) is 25.3 Å². The van der Waals surface area contributed by atoms with E-state index >= 15 is 0 Å². The summed E-state index contributed by atoms with van der Waals surface area (Å²) in [6.45, 7) is 2.12. The molecular formula is C31H30N4O7S. The van der Waals surface area contributed by atoms with Gasteiger partial charge in [-0.15, -0.1) is 0 Å². The summed E-state index contributed by atoms with van der Waals surface area (Å²) >= 11 is 0. The predicted molar refractivity (Wildman–Crippen MR) is 161 cm³/mol. The van der Waals surface area contributed by atoms with Gasteiger partial charge in [-0.1, -0.05) is 30.3 Å². The number of ether oxygens (including phenoxy) is 2. The number of carbonyl (C=O) groups excluding carboxylic acids is 3. The highest BCUT2D eigenvalue weighted by molar-refractivity contribution is 7.89. The van der Waals surface area contributed by atoms with E-state index in [0.717, 1.165) is 5.56 Å². The molecule has 222 valence electrons. The lowest BCUT2D eigenvalue weighted by atomic mass is 9.98. The Hall–Kier alpha value is -4.81. The lowest BCUT2D eigenvalue weighted by Gasteiger charge is -2.30. The zero-order valence-corrected chi connectivity index (χ0v) is 24.4. The number of esters is 1. The number of carbonyl (C=O) groups is 3. The van der Waals surface area contributed by atoms with Crippen molar-refractivity contribution in [1.29, 1.82) is 0 Å². The van der Waals surface area contributed by atoms with Gasteiger partial charge in [-0.05, 0) is 79.9 Å². The highest BCUT2D eigenvalue weighted by atomic mass is 32.2. The van der Waals surface area contributed by atoms with Crippen LogP contribution in [0.25, 0.3) is 6.08 Å². The zero-order valence-electron chi connectivity index (χ0n) is 23.6. The molecule has 0 unspecified atom stereocenters. The molecule has 3 aromatic rings. The van der Waals surface area contributed by atoms with E-state index in [-0.39, 0.29) is 23.9 Å². The van der Waals surface area contributed by atoms with E-state index in [1.54, 1.807) is 37.3 Å². The van der Waals surface area contributed by atoms with Crippen LogP contribution in [-0.2, 0) is 24.3 Å². The van der Waals surface area contributed by atoms with Gasteiger partial charge in [0.2, 0.25) is 10.0 Å². The van der Waals surface area contributed by atoms with E-state index < -0.39 is 28.0 Å². The first-order chi connectivity index (χ1) is 20.7. The van der Waals surface area contributed by atoms with Crippen molar-refractivity contribution in [3.63, 3.8) is 0 Å². The number of para-hydroxylation sites is 1. The predicted octanol–water partition coefficient (Wildman–Crippen LogP) is 4.68. The fourth-order valence-electron chi connectivity index (χ4n) is 4.79. The van der Waals surface area contributed by atoms with Crippen molar-refractivity contribution in [2.45, 2.75) is 24.7 Å². The van der Waals surface area contributed by atoms with E-state index in [1.807, 2.05) is 30.3 Å². The molecule has 0 atom stereocenters. The number of hydrogen-bond donors (Lipinski definition) is 1. The molecule has 5 rings (SSSR count). The molecule has 1 saturated heterocycles. The Morgan fingerprint density at radius 1 is 0.953 bits per heavy atom. The monoisotopic (exact) mass is 602 g/mol. The Bertz CT molecular complexity index is 1680. The molecule has 1 fully saturated rings. The van der Waals surface area contributed by atoms with Gasteiger partial charge in [0.15, 0.2) is 0 Å².